The molecule has 120 valence electrons. The van der Waals surface area contributed by atoms with Gasteiger partial charge in [0.1, 0.15) is 11.4 Å². The van der Waals surface area contributed by atoms with Crippen LogP contribution in [0.1, 0.15) is 49.9 Å². The van der Waals surface area contributed by atoms with E-state index >= 15 is 0 Å². The Morgan fingerprint density at radius 3 is 2.73 bits per heavy atom. The highest BCUT2D eigenvalue weighted by Crippen LogP contribution is 2.37. The highest BCUT2D eigenvalue weighted by molar-refractivity contribution is 5.97. The molecule has 0 saturated carbocycles. The molecule has 22 heavy (non-hydrogen) atoms. The average Bonchev–Trinajstić information content (AvgIpc) is 2.87. The zero-order valence-electron chi connectivity index (χ0n) is 13.4. The van der Waals surface area contributed by atoms with E-state index in [1.807, 2.05) is 38.4 Å². The predicted octanol–water partition coefficient (Wildman–Crippen LogP) is 2.84. The molecule has 0 aliphatic heterocycles. The fourth-order valence-corrected chi connectivity index (χ4v) is 2.79. The lowest BCUT2D eigenvalue weighted by Gasteiger charge is -2.29. The fourth-order valence-electron chi connectivity index (χ4n) is 2.79. The van der Waals surface area contributed by atoms with Crippen molar-refractivity contribution in [3.8, 4) is 0 Å². The van der Waals surface area contributed by atoms with Crippen LogP contribution in [0.25, 0.3) is 0 Å². The standard InChI is InChI=1S/C16H23N3O3/c1-16(2,3)22-15(20)19(4)13-9-8-10-11(13)6-5-7-12(10)14(17)18-21/h5-7,13,21H,8-9H2,1-4H3,(H2,17,18)/t13-/m1/s1. The Hall–Kier alpha value is -2.08. The number of ether oxygens (including phenoxy) is 1. The van der Waals surface area contributed by atoms with Crippen molar-refractivity contribution in [3.05, 3.63) is 34.9 Å². The van der Waals surface area contributed by atoms with Crippen LogP contribution in [0, 0.1) is 5.41 Å². The minimum atomic E-state index is -0.530. The lowest BCUT2D eigenvalue weighted by atomic mass is 10.0. The van der Waals surface area contributed by atoms with Crippen LogP contribution in [-0.4, -0.2) is 34.7 Å². The summed E-state index contributed by atoms with van der Waals surface area (Å²) in [5.74, 6) is -0.0302. The van der Waals surface area contributed by atoms with Crippen LogP contribution in [0.4, 0.5) is 4.79 Å². The summed E-state index contributed by atoms with van der Waals surface area (Å²) in [5.41, 5.74) is 4.02. The third kappa shape index (κ3) is 3.22. The molecule has 6 heteroatoms. The van der Waals surface area contributed by atoms with Gasteiger partial charge in [-0.15, -0.1) is 0 Å². The Kier molecular flexibility index (Phi) is 4.42. The Morgan fingerprint density at radius 1 is 1.45 bits per heavy atom. The fraction of sp³-hybridized carbons (Fsp3) is 0.500. The summed E-state index contributed by atoms with van der Waals surface area (Å²) in [7, 11) is 1.73. The molecule has 0 unspecified atom stereocenters. The smallest absolute Gasteiger partial charge is 0.410 e. The van der Waals surface area contributed by atoms with Gasteiger partial charge >= 0.3 is 6.09 Å². The molecule has 6 nitrogen and oxygen atoms in total. The van der Waals surface area contributed by atoms with E-state index in [4.69, 9.17) is 15.4 Å². The maximum atomic E-state index is 12.2. The molecule has 1 amide bonds. The van der Waals surface area contributed by atoms with Gasteiger partial charge in [0.25, 0.3) is 0 Å². The van der Waals surface area contributed by atoms with Gasteiger partial charge in [0.15, 0.2) is 0 Å². The molecule has 0 bridgehead atoms. The number of hydroxylamine groups is 1. The molecule has 3 N–H and O–H groups in total. The van der Waals surface area contributed by atoms with Crippen LogP contribution in [0.15, 0.2) is 18.2 Å². The SMILES string of the molecule is CN(C(=O)OC(C)(C)C)[C@@H]1CCc2c(C(=N)NO)cccc21. The molecule has 0 saturated heterocycles. The van der Waals surface area contributed by atoms with Crippen LogP contribution in [-0.2, 0) is 11.2 Å². The van der Waals surface area contributed by atoms with Gasteiger partial charge in [0.2, 0.25) is 0 Å². The molecule has 0 radical (unpaired) electrons. The largest absolute Gasteiger partial charge is 0.444 e. The van der Waals surface area contributed by atoms with Crippen molar-refractivity contribution in [2.24, 2.45) is 0 Å². The molecular formula is C16H23N3O3. The van der Waals surface area contributed by atoms with Crippen molar-refractivity contribution >= 4 is 11.9 Å². The third-order valence-corrected chi connectivity index (χ3v) is 3.77. The summed E-state index contributed by atoms with van der Waals surface area (Å²) in [6.07, 6.45) is 1.18. The van der Waals surface area contributed by atoms with Crippen molar-refractivity contribution in [2.45, 2.75) is 45.3 Å². The van der Waals surface area contributed by atoms with E-state index in [1.54, 1.807) is 18.0 Å². The van der Waals surface area contributed by atoms with Gasteiger partial charge < -0.3 is 9.64 Å². The lowest BCUT2D eigenvalue weighted by Crippen LogP contribution is -2.36. The van der Waals surface area contributed by atoms with Crippen molar-refractivity contribution in [1.29, 1.82) is 5.41 Å². The van der Waals surface area contributed by atoms with Gasteiger partial charge in [0.05, 0.1) is 6.04 Å². The summed E-state index contributed by atoms with van der Waals surface area (Å²) < 4.78 is 5.42. The summed E-state index contributed by atoms with van der Waals surface area (Å²) in [4.78, 5) is 13.8. The topological polar surface area (TPSA) is 85.7 Å². The summed E-state index contributed by atoms with van der Waals surface area (Å²) in [6.45, 7) is 5.52. The van der Waals surface area contributed by atoms with Crippen molar-refractivity contribution in [1.82, 2.24) is 10.4 Å². The lowest BCUT2D eigenvalue weighted by molar-refractivity contribution is 0.0220. The van der Waals surface area contributed by atoms with Crippen LogP contribution in [0.2, 0.25) is 0 Å². The maximum absolute atomic E-state index is 12.2. The number of nitrogens with zero attached hydrogens (tertiary/aromatic N) is 1. The van der Waals surface area contributed by atoms with Crippen LogP contribution >= 0.6 is 0 Å². The van der Waals surface area contributed by atoms with Crippen molar-refractivity contribution in [3.63, 3.8) is 0 Å². The average molecular weight is 305 g/mol. The number of rotatable bonds is 2. The van der Waals surface area contributed by atoms with E-state index in [1.165, 1.54) is 0 Å². The summed E-state index contributed by atoms with van der Waals surface area (Å²) >= 11 is 0. The third-order valence-electron chi connectivity index (χ3n) is 3.77. The van der Waals surface area contributed by atoms with Crippen LogP contribution in [0.5, 0.6) is 0 Å². The molecule has 0 heterocycles. The first-order valence-electron chi connectivity index (χ1n) is 7.31. The molecule has 1 aromatic rings. The monoisotopic (exact) mass is 305 g/mol. The van der Waals surface area contributed by atoms with E-state index in [2.05, 4.69) is 0 Å². The first kappa shape index (κ1) is 16.3. The second-order valence-electron chi connectivity index (χ2n) is 6.51. The van der Waals surface area contributed by atoms with E-state index in [0.717, 1.165) is 24.0 Å². The van der Waals surface area contributed by atoms with Gasteiger partial charge in [-0.3, -0.25) is 16.1 Å². The van der Waals surface area contributed by atoms with Gasteiger partial charge in [-0.05, 0) is 44.7 Å². The number of fused-ring (bicyclic) bond motifs is 1. The Labute approximate surface area is 130 Å². The van der Waals surface area contributed by atoms with Crippen molar-refractivity contribution < 1.29 is 14.7 Å². The number of carbonyl (C=O) groups excluding carboxylic acids is 1. The van der Waals surface area contributed by atoms with Gasteiger partial charge in [-0.1, -0.05) is 18.2 Å². The molecule has 1 aliphatic rings. The van der Waals surface area contributed by atoms with Crippen molar-refractivity contribution in [2.75, 3.05) is 7.05 Å². The summed E-state index contributed by atoms with van der Waals surface area (Å²) in [6, 6.07) is 5.51. The van der Waals surface area contributed by atoms with E-state index in [9.17, 15) is 4.79 Å². The van der Waals surface area contributed by atoms with E-state index in [0.29, 0.717) is 5.56 Å². The Bertz CT molecular complexity index is 593. The first-order chi connectivity index (χ1) is 10.2. The number of nitrogens with one attached hydrogen (secondary N) is 2. The molecule has 1 aliphatic carbocycles. The highest BCUT2D eigenvalue weighted by atomic mass is 16.6. The van der Waals surface area contributed by atoms with Gasteiger partial charge in [0, 0.05) is 12.6 Å². The second kappa shape index (κ2) is 5.96. The predicted molar refractivity (Wildman–Crippen MR) is 83.3 cm³/mol. The zero-order valence-corrected chi connectivity index (χ0v) is 13.4. The number of amides is 1. The number of hydrogen-bond donors (Lipinski definition) is 3. The second-order valence-corrected chi connectivity index (χ2v) is 6.51. The van der Waals surface area contributed by atoms with Crippen LogP contribution in [0.3, 0.4) is 0 Å². The zero-order chi connectivity index (χ0) is 16.5. The minimum Gasteiger partial charge on any atom is -0.444 e. The Balaban J connectivity index is 2.25. The highest BCUT2D eigenvalue weighted by Gasteiger charge is 2.32. The van der Waals surface area contributed by atoms with E-state index < -0.39 is 5.60 Å². The number of carbonyl (C=O) groups is 1. The maximum Gasteiger partial charge on any atom is 0.410 e. The molecule has 0 fully saturated rings. The number of hydrogen-bond acceptors (Lipinski definition) is 4. The van der Waals surface area contributed by atoms with E-state index in [-0.39, 0.29) is 18.0 Å². The molecule has 0 spiro atoms. The molecule has 0 aromatic heterocycles. The molecule has 1 aromatic carbocycles. The number of amidine groups is 1. The number of benzene rings is 1. The van der Waals surface area contributed by atoms with Gasteiger partial charge in [-0.25, -0.2) is 4.79 Å². The Morgan fingerprint density at radius 2 is 2.14 bits per heavy atom. The first-order valence-corrected chi connectivity index (χ1v) is 7.31. The molecular weight excluding hydrogens is 282 g/mol. The summed E-state index contributed by atoms with van der Waals surface area (Å²) in [5, 5.41) is 16.7. The normalized spacial score (nSPS) is 16.9. The van der Waals surface area contributed by atoms with Gasteiger partial charge in [-0.2, -0.15) is 0 Å². The molecule has 2 rings (SSSR count). The molecule has 1 atom stereocenters. The minimum absolute atomic E-state index is 0.0302. The van der Waals surface area contributed by atoms with Crippen LogP contribution < -0.4 is 5.48 Å². The quantitative estimate of drug-likeness (QED) is 0.445.